The van der Waals surface area contributed by atoms with Crippen LogP contribution in [0.5, 0.6) is 11.5 Å². The molecule has 5 atom stereocenters. The molecule has 5 rings (SSSR count). The van der Waals surface area contributed by atoms with E-state index in [0.717, 1.165) is 24.0 Å². The number of benzene rings is 1. The number of rotatable bonds is 7. The van der Waals surface area contributed by atoms with Crippen LogP contribution >= 0.6 is 0 Å². The van der Waals surface area contributed by atoms with Crippen molar-refractivity contribution in [3.8, 4) is 11.5 Å². The number of esters is 1. The molecular weight excluding hydrogens is 454 g/mol. The molecule has 2 bridgehead atoms. The van der Waals surface area contributed by atoms with Crippen LogP contribution in [0.3, 0.4) is 0 Å². The zero-order valence-corrected chi connectivity index (χ0v) is 19.9. The van der Waals surface area contributed by atoms with E-state index in [1.165, 1.54) is 0 Å². The minimum atomic E-state index is -1.13. The van der Waals surface area contributed by atoms with E-state index in [2.05, 4.69) is 5.32 Å². The fraction of sp³-hybridized carbons (Fsp3) is 0.577. The molecule has 0 saturated heterocycles. The number of carboxylic acid groups (broad SMARTS) is 1. The minimum Gasteiger partial charge on any atom is -0.504 e. The van der Waals surface area contributed by atoms with Gasteiger partial charge in [0.15, 0.2) is 17.6 Å². The number of nitrogens with one attached hydrogen (secondary N) is 1. The third-order valence-electron chi connectivity index (χ3n) is 8.30. The van der Waals surface area contributed by atoms with Crippen molar-refractivity contribution in [1.82, 2.24) is 5.32 Å². The Morgan fingerprint density at radius 2 is 2.03 bits per heavy atom. The molecular formula is C26H31NO8. The van der Waals surface area contributed by atoms with Crippen LogP contribution in [-0.4, -0.2) is 50.9 Å². The van der Waals surface area contributed by atoms with Gasteiger partial charge in [-0.15, -0.1) is 0 Å². The Hall–Kier alpha value is -3.07. The van der Waals surface area contributed by atoms with Crippen molar-refractivity contribution in [2.45, 2.75) is 82.0 Å². The first-order valence-electron chi connectivity index (χ1n) is 12.3. The van der Waals surface area contributed by atoms with Gasteiger partial charge in [-0.2, -0.15) is 0 Å². The standard InChI is InChI=1S/C26H31NO8/c1-13(2)21(24(31)32)27-18(29)7-8-19(30)34-17-9-11-26(33)15-4-3-10-25(26)20-14(12-15)5-6-16(28)22(20)35-23(17)25/h5-6,9,13,15,21,23,28,33H,3-4,7-8,10-12H2,1-2H3,(H,27,29)(H,31,32)/t15-,21?,23+,25+,26-/m1/s1. The molecule has 9 heteroatoms. The molecule has 35 heavy (non-hydrogen) atoms. The summed E-state index contributed by atoms with van der Waals surface area (Å²) in [6.07, 6.45) is 3.97. The number of hydrogen-bond donors (Lipinski definition) is 4. The van der Waals surface area contributed by atoms with Crippen LogP contribution in [0.1, 0.15) is 63.5 Å². The Balaban J connectivity index is 1.34. The van der Waals surface area contributed by atoms with E-state index < -0.39 is 41.0 Å². The van der Waals surface area contributed by atoms with Crippen molar-refractivity contribution < 1.29 is 39.2 Å². The van der Waals surface area contributed by atoms with E-state index in [1.54, 1.807) is 26.0 Å². The molecule has 1 spiro atoms. The van der Waals surface area contributed by atoms with Gasteiger partial charge in [0.05, 0.1) is 17.4 Å². The minimum absolute atomic E-state index is 0.000571. The lowest BCUT2D eigenvalue weighted by Gasteiger charge is -2.59. The number of amides is 1. The first-order valence-corrected chi connectivity index (χ1v) is 12.3. The molecule has 0 aromatic heterocycles. The summed E-state index contributed by atoms with van der Waals surface area (Å²) in [6.45, 7) is 3.38. The Bertz CT molecular complexity index is 1130. The summed E-state index contributed by atoms with van der Waals surface area (Å²) in [7, 11) is 0. The quantitative estimate of drug-likeness (QED) is 0.431. The third kappa shape index (κ3) is 3.43. The van der Waals surface area contributed by atoms with Gasteiger partial charge >= 0.3 is 11.9 Å². The number of carbonyl (C=O) groups is 3. The number of phenolic OH excluding ortho intramolecular Hbond substituents is 1. The molecule has 1 aliphatic heterocycles. The molecule has 1 unspecified atom stereocenters. The summed E-state index contributed by atoms with van der Waals surface area (Å²) in [5, 5.41) is 34.2. The van der Waals surface area contributed by atoms with E-state index >= 15 is 0 Å². The van der Waals surface area contributed by atoms with Gasteiger partial charge in [0.1, 0.15) is 11.8 Å². The molecule has 1 aromatic carbocycles. The van der Waals surface area contributed by atoms with E-state index in [9.17, 15) is 29.7 Å². The second-order valence-electron chi connectivity index (χ2n) is 10.5. The van der Waals surface area contributed by atoms with Gasteiger partial charge in [0, 0.05) is 12.0 Å². The average Bonchev–Trinajstić information content (AvgIpc) is 3.14. The summed E-state index contributed by atoms with van der Waals surface area (Å²) in [4.78, 5) is 36.2. The summed E-state index contributed by atoms with van der Waals surface area (Å²) in [6, 6.07) is 2.47. The lowest BCUT2D eigenvalue weighted by molar-refractivity contribution is -0.160. The molecule has 1 saturated carbocycles. The molecule has 0 radical (unpaired) electrons. The zero-order chi connectivity index (χ0) is 25.1. The van der Waals surface area contributed by atoms with Crippen molar-refractivity contribution in [3.63, 3.8) is 0 Å². The Kier molecular flexibility index (Phi) is 5.58. The predicted octanol–water partition coefficient (Wildman–Crippen LogP) is 2.31. The molecule has 4 N–H and O–H groups in total. The normalized spacial score (nSPS) is 30.6. The molecule has 9 nitrogen and oxygen atoms in total. The highest BCUT2D eigenvalue weighted by molar-refractivity contribution is 5.86. The van der Waals surface area contributed by atoms with Crippen molar-refractivity contribution >= 4 is 17.8 Å². The van der Waals surface area contributed by atoms with Crippen LogP contribution in [0.2, 0.25) is 0 Å². The maximum absolute atomic E-state index is 12.7. The van der Waals surface area contributed by atoms with Crippen LogP contribution in [-0.2, 0) is 31.0 Å². The van der Waals surface area contributed by atoms with E-state index in [4.69, 9.17) is 9.47 Å². The highest BCUT2D eigenvalue weighted by Gasteiger charge is 2.70. The Labute approximate surface area is 203 Å². The Morgan fingerprint density at radius 1 is 1.26 bits per heavy atom. The summed E-state index contributed by atoms with van der Waals surface area (Å²) < 4.78 is 11.9. The van der Waals surface area contributed by atoms with Gasteiger partial charge in [0.2, 0.25) is 5.91 Å². The van der Waals surface area contributed by atoms with Crippen LogP contribution in [0, 0.1) is 11.8 Å². The molecule has 1 fully saturated rings. The number of phenols is 1. The third-order valence-corrected chi connectivity index (χ3v) is 8.30. The summed E-state index contributed by atoms with van der Waals surface area (Å²) >= 11 is 0. The van der Waals surface area contributed by atoms with Crippen LogP contribution in [0.15, 0.2) is 24.0 Å². The second kappa shape index (κ2) is 8.26. The Morgan fingerprint density at radius 3 is 2.74 bits per heavy atom. The SMILES string of the molecule is CC(C)C(NC(=O)CCC(=O)OC1=CC[C@@]2(O)[C@@H]3CCC[C@@]24c2c(ccc(O)c2O[C@@H]14)C3)C(=O)O. The first kappa shape index (κ1) is 23.7. The largest absolute Gasteiger partial charge is 0.504 e. The second-order valence-corrected chi connectivity index (χ2v) is 10.5. The van der Waals surface area contributed by atoms with Gasteiger partial charge in [-0.05, 0) is 55.2 Å². The van der Waals surface area contributed by atoms with Crippen molar-refractivity contribution in [1.29, 1.82) is 0 Å². The molecule has 1 aromatic rings. The maximum atomic E-state index is 12.7. The molecule has 4 aliphatic rings. The molecule has 3 aliphatic carbocycles. The first-order chi connectivity index (χ1) is 16.6. The summed E-state index contributed by atoms with van der Waals surface area (Å²) in [5.41, 5.74) is 0.0265. The van der Waals surface area contributed by atoms with Crippen molar-refractivity contribution in [3.05, 3.63) is 35.1 Å². The van der Waals surface area contributed by atoms with Crippen LogP contribution < -0.4 is 10.1 Å². The lowest BCUT2D eigenvalue weighted by atomic mass is 9.47. The van der Waals surface area contributed by atoms with Gasteiger partial charge in [-0.25, -0.2) is 4.79 Å². The monoisotopic (exact) mass is 485 g/mol. The van der Waals surface area contributed by atoms with Crippen molar-refractivity contribution in [2.75, 3.05) is 0 Å². The van der Waals surface area contributed by atoms with Crippen LogP contribution in [0.4, 0.5) is 0 Å². The van der Waals surface area contributed by atoms with Gasteiger partial charge in [-0.3, -0.25) is 9.59 Å². The number of ether oxygens (including phenoxy) is 2. The van der Waals surface area contributed by atoms with Crippen LogP contribution in [0.25, 0.3) is 0 Å². The average molecular weight is 486 g/mol. The van der Waals surface area contributed by atoms with E-state index in [0.29, 0.717) is 25.0 Å². The number of hydrogen-bond acceptors (Lipinski definition) is 7. The topological polar surface area (TPSA) is 142 Å². The van der Waals surface area contributed by atoms with E-state index in [-0.39, 0.29) is 36.2 Å². The zero-order valence-electron chi connectivity index (χ0n) is 19.9. The fourth-order valence-corrected chi connectivity index (χ4v) is 6.69. The molecule has 188 valence electrons. The number of aliphatic hydroxyl groups is 1. The maximum Gasteiger partial charge on any atom is 0.326 e. The number of carbonyl (C=O) groups excluding carboxylic acids is 2. The molecule has 1 heterocycles. The van der Waals surface area contributed by atoms with Gasteiger partial charge < -0.3 is 30.1 Å². The summed E-state index contributed by atoms with van der Waals surface area (Å²) in [5.74, 6) is -1.94. The van der Waals surface area contributed by atoms with Gasteiger partial charge in [-0.1, -0.05) is 26.3 Å². The highest BCUT2D eigenvalue weighted by atomic mass is 16.6. The number of aliphatic carboxylic acids is 1. The fourth-order valence-electron chi connectivity index (χ4n) is 6.69. The number of carboxylic acids is 1. The van der Waals surface area contributed by atoms with Crippen molar-refractivity contribution in [2.24, 2.45) is 11.8 Å². The molecule has 1 amide bonds. The lowest BCUT2D eigenvalue weighted by Crippen LogP contribution is -2.67. The van der Waals surface area contributed by atoms with Gasteiger partial charge in [0.25, 0.3) is 0 Å². The highest BCUT2D eigenvalue weighted by Crippen LogP contribution is 2.67. The predicted molar refractivity (Wildman–Crippen MR) is 123 cm³/mol. The number of aromatic hydroxyl groups is 1. The van der Waals surface area contributed by atoms with E-state index in [1.807, 2.05) is 6.07 Å². The smallest absolute Gasteiger partial charge is 0.326 e.